The number of hydrogen-bond acceptors (Lipinski definition) is 2. The van der Waals surface area contributed by atoms with Gasteiger partial charge in [-0.25, -0.2) is 0 Å². The summed E-state index contributed by atoms with van der Waals surface area (Å²) in [4.78, 5) is 4.30. The first-order chi connectivity index (χ1) is 10.2. The summed E-state index contributed by atoms with van der Waals surface area (Å²) in [5.41, 5.74) is 6.81. The maximum Gasteiger partial charge on any atom is 0.0569 e. The smallest absolute Gasteiger partial charge is 0.0569 e. The minimum absolute atomic E-state index is 0.354. The normalized spacial score (nSPS) is 26.1. The molecule has 2 aromatic rings. The van der Waals surface area contributed by atoms with Crippen LogP contribution in [-0.2, 0) is 0 Å². The largest absolute Gasteiger partial charge is 0.378 e. The highest BCUT2D eigenvalue weighted by molar-refractivity contribution is 5.63. The Balaban J connectivity index is 1.84. The number of allylic oxidation sites excluding steroid dienone is 2. The van der Waals surface area contributed by atoms with Gasteiger partial charge in [0.15, 0.2) is 0 Å². The van der Waals surface area contributed by atoms with Crippen LogP contribution in [-0.4, -0.2) is 4.98 Å². The molecule has 21 heavy (non-hydrogen) atoms. The van der Waals surface area contributed by atoms with Gasteiger partial charge in [0.2, 0.25) is 0 Å². The second-order valence-electron chi connectivity index (χ2n) is 6.30. The van der Waals surface area contributed by atoms with Gasteiger partial charge >= 0.3 is 0 Å². The lowest BCUT2D eigenvalue weighted by Crippen LogP contribution is -2.29. The molecule has 2 heteroatoms. The highest BCUT2D eigenvalue weighted by Crippen LogP contribution is 2.50. The number of fused-ring (bicyclic) bond motifs is 3. The lowest BCUT2D eigenvalue weighted by Gasteiger charge is -2.38. The standard InChI is InChI=1S/C19H20N2/c1-12-9-13(2)18-15-6-3-7-16(15)19(21-17(18)10-12)14-5-4-8-20-11-14/h3-6,8-11,15-16,19,21H,7H2,1-2H3. The molecular formula is C19H20N2. The van der Waals surface area contributed by atoms with Gasteiger partial charge in [-0.3, -0.25) is 4.98 Å². The van der Waals surface area contributed by atoms with Crippen LogP contribution in [0.25, 0.3) is 0 Å². The molecule has 1 aliphatic carbocycles. The van der Waals surface area contributed by atoms with Crippen LogP contribution in [0.2, 0.25) is 0 Å². The van der Waals surface area contributed by atoms with Crippen LogP contribution in [0.15, 0.2) is 48.8 Å². The van der Waals surface area contributed by atoms with Crippen LogP contribution in [0.4, 0.5) is 5.69 Å². The van der Waals surface area contributed by atoms with Gasteiger partial charge in [0.1, 0.15) is 0 Å². The number of anilines is 1. The van der Waals surface area contributed by atoms with Gasteiger partial charge in [0.25, 0.3) is 0 Å². The first-order valence-electron chi connectivity index (χ1n) is 7.68. The summed E-state index contributed by atoms with van der Waals surface area (Å²) >= 11 is 0. The minimum Gasteiger partial charge on any atom is -0.378 e. The van der Waals surface area contributed by atoms with E-state index in [0.717, 1.165) is 6.42 Å². The van der Waals surface area contributed by atoms with Gasteiger partial charge < -0.3 is 5.32 Å². The summed E-state index contributed by atoms with van der Waals surface area (Å²) in [6.07, 6.45) is 9.73. The van der Waals surface area contributed by atoms with Crippen LogP contribution < -0.4 is 5.32 Å². The van der Waals surface area contributed by atoms with E-state index in [1.54, 1.807) is 0 Å². The maximum atomic E-state index is 4.30. The van der Waals surface area contributed by atoms with E-state index >= 15 is 0 Å². The van der Waals surface area contributed by atoms with Gasteiger partial charge in [-0.15, -0.1) is 0 Å². The molecule has 3 unspecified atom stereocenters. The first-order valence-corrected chi connectivity index (χ1v) is 7.68. The van der Waals surface area contributed by atoms with E-state index in [4.69, 9.17) is 0 Å². The fourth-order valence-corrected chi connectivity index (χ4v) is 4.03. The average Bonchev–Trinajstić information content (AvgIpc) is 2.95. The zero-order valence-corrected chi connectivity index (χ0v) is 12.5. The Labute approximate surface area is 125 Å². The lowest BCUT2D eigenvalue weighted by molar-refractivity contribution is 0.423. The molecule has 1 aromatic heterocycles. The van der Waals surface area contributed by atoms with E-state index in [2.05, 4.69) is 54.5 Å². The van der Waals surface area contributed by atoms with Gasteiger partial charge in [-0.1, -0.05) is 24.3 Å². The monoisotopic (exact) mass is 276 g/mol. The Morgan fingerprint density at radius 3 is 2.95 bits per heavy atom. The van der Waals surface area contributed by atoms with E-state index in [1.807, 2.05) is 18.5 Å². The van der Waals surface area contributed by atoms with Crippen LogP contribution >= 0.6 is 0 Å². The van der Waals surface area contributed by atoms with Crippen LogP contribution in [0.3, 0.4) is 0 Å². The van der Waals surface area contributed by atoms with E-state index in [1.165, 1.54) is 27.9 Å². The molecule has 2 aliphatic rings. The number of hydrogen-bond donors (Lipinski definition) is 1. The van der Waals surface area contributed by atoms with Crippen molar-refractivity contribution in [2.24, 2.45) is 5.92 Å². The van der Waals surface area contributed by atoms with E-state index < -0.39 is 0 Å². The van der Waals surface area contributed by atoms with Gasteiger partial charge in [0, 0.05) is 24.0 Å². The SMILES string of the molecule is Cc1cc(C)c2c(c1)NC(c1cccnc1)C1CC=CC21. The maximum absolute atomic E-state index is 4.30. The third-order valence-electron chi connectivity index (χ3n) is 4.86. The molecule has 0 fully saturated rings. The number of rotatable bonds is 1. The Morgan fingerprint density at radius 2 is 2.14 bits per heavy atom. The highest BCUT2D eigenvalue weighted by Gasteiger charge is 2.38. The number of nitrogens with zero attached hydrogens (tertiary/aromatic N) is 1. The zero-order valence-electron chi connectivity index (χ0n) is 12.5. The van der Waals surface area contributed by atoms with Crippen LogP contribution in [0, 0.1) is 19.8 Å². The summed E-state index contributed by atoms with van der Waals surface area (Å²) in [6.45, 7) is 4.41. The second-order valence-corrected chi connectivity index (χ2v) is 6.30. The lowest BCUT2D eigenvalue weighted by atomic mass is 9.75. The highest BCUT2D eigenvalue weighted by atomic mass is 15.0. The van der Waals surface area contributed by atoms with Gasteiger partial charge in [-0.2, -0.15) is 0 Å². The molecule has 3 atom stereocenters. The van der Waals surface area contributed by atoms with E-state index in [9.17, 15) is 0 Å². The van der Waals surface area contributed by atoms with Crippen molar-refractivity contribution in [2.75, 3.05) is 5.32 Å². The average molecular weight is 276 g/mol. The quantitative estimate of drug-likeness (QED) is 0.774. The van der Waals surface area contributed by atoms with Gasteiger partial charge in [0.05, 0.1) is 6.04 Å². The summed E-state index contributed by atoms with van der Waals surface area (Å²) in [5.74, 6) is 1.13. The molecule has 1 aromatic carbocycles. The van der Waals surface area contributed by atoms with Crippen molar-refractivity contribution >= 4 is 5.69 Å². The summed E-state index contributed by atoms with van der Waals surface area (Å²) in [7, 11) is 0. The molecule has 0 radical (unpaired) electrons. The predicted molar refractivity (Wildman–Crippen MR) is 86.5 cm³/mol. The molecule has 106 valence electrons. The number of nitrogens with one attached hydrogen (secondary N) is 1. The Kier molecular flexibility index (Phi) is 2.85. The van der Waals surface area contributed by atoms with E-state index in [0.29, 0.717) is 17.9 Å². The van der Waals surface area contributed by atoms with Crippen molar-refractivity contribution < 1.29 is 0 Å². The summed E-state index contributed by atoms with van der Waals surface area (Å²) < 4.78 is 0. The van der Waals surface area contributed by atoms with Crippen LogP contribution in [0.5, 0.6) is 0 Å². The van der Waals surface area contributed by atoms with Crippen molar-refractivity contribution in [1.82, 2.24) is 4.98 Å². The third kappa shape index (κ3) is 1.98. The number of benzene rings is 1. The summed E-state index contributed by atoms with van der Waals surface area (Å²) in [5, 5.41) is 3.79. The molecule has 0 spiro atoms. The number of pyridine rings is 1. The number of aromatic nitrogens is 1. The minimum atomic E-state index is 0.354. The fraction of sp³-hybridized carbons (Fsp3) is 0.316. The number of aryl methyl sites for hydroxylation is 2. The van der Waals surface area contributed by atoms with Crippen molar-refractivity contribution in [1.29, 1.82) is 0 Å². The topological polar surface area (TPSA) is 24.9 Å². The van der Waals surface area contributed by atoms with Crippen molar-refractivity contribution in [3.05, 3.63) is 71.1 Å². The van der Waals surface area contributed by atoms with Crippen molar-refractivity contribution in [3.8, 4) is 0 Å². The predicted octanol–water partition coefficient (Wildman–Crippen LogP) is 4.52. The molecule has 2 heterocycles. The zero-order chi connectivity index (χ0) is 14.4. The molecule has 4 rings (SSSR count). The van der Waals surface area contributed by atoms with Crippen LogP contribution in [0.1, 0.15) is 40.6 Å². The Hall–Kier alpha value is -2.09. The second kappa shape index (κ2) is 4.73. The molecule has 0 amide bonds. The Bertz CT molecular complexity index is 703. The van der Waals surface area contributed by atoms with Gasteiger partial charge in [-0.05, 0) is 60.6 Å². The first kappa shape index (κ1) is 12.6. The molecule has 0 saturated carbocycles. The third-order valence-corrected chi connectivity index (χ3v) is 4.86. The fourth-order valence-electron chi connectivity index (χ4n) is 4.03. The Morgan fingerprint density at radius 1 is 1.24 bits per heavy atom. The summed E-state index contributed by atoms with van der Waals surface area (Å²) in [6, 6.07) is 9.16. The molecule has 0 bridgehead atoms. The molecule has 1 N–H and O–H groups in total. The molecule has 2 nitrogen and oxygen atoms in total. The van der Waals surface area contributed by atoms with Crippen molar-refractivity contribution in [3.63, 3.8) is 0 Å². The molecule has 0 saturated heterocycles. The molecule has 1 aliphatic heterocycles. The van der Waals surface area contributed by atoms with E-state index in [-0.39, 0.29) is 0 Å². The molecular weight excluding hydrogens is 256 g/mol. The van der Waals surface area contributed by atoms with Crippen molar-refractivity contribution in [2.45, 2.75) is 32.2 Å².